The quantitative estimate of drug-likeness (QED) is 0.742. The largest absolute Gasteiger partial charge is 0.465 e. The number of rotatable bonds is 1. The fourth-order valence-corrected chi connectivity index (χ4v) is 2.18. The first-order chi connectivity index (χ1) is 8.06. The predicted molar refractivity (Wildman–Crippen MR) is 66.0 cm³/mol. The van der Waals surface area contributed by atoms with E-state index in [0.717, 1.165) is 15.7 Å². The number of fused-ring (bicyclic) bond motifs is 1. The number of carbonyl (C=O) groups excluding carboxylic acids is 1. The lowest BCUT2D eigenvalue weighted by Gasteiger charge is -2.12. The normalized spacial score (nSPS) is 18.9. The fraction of sp³-hybridized carbons (Fsp3) is 0.273. The molecule has 0 bridgehead atoms. The Labute approximate surface area is 106 Å². The van der Waals surface area contributed by atoms with Gasteiger partial charge in [0.2, 0.25) is 5.91 Å². The highest BCUT2D eigenvalue weighted by atomic mass is 79.9. The summed E-state index contributed by atoms with van der Waals surface area (Å²) in [5.74, 6) is -0.316. The maximum atomic E-state index is 11.8. The fourth-order valence-electron chi connectivity index (χ4n) is 1.82. The third kappa shape index (κ3) is 2.76. The Morgan fingerprint density at radius 3 is 3.00 bits per heavy atom. The van der Waals surface area contributed by atoms with Crippen molar-refractivity contribution in [2.24, 2.45) is 0 Å². The zero-order valence-corrected chi connectivity index (χ0v) is 10.5. The molecule has 1 aliphatic rings. The zero-order chi connectivity index (χ0) is 12.4. The number of carbonyl (C=O) groups is 2. The zero-order valence-electron chi connectivity index (χ0n) is 8.87. The Morgan fingerprint density at radius 1 is 1.53 bits per heavy atom. The monoisotopic (exact) mass is 298 g/mol. The maximum absolute atomic E-state index is 11.8. The molecule has 17 heavy (non-hydrogen) atoms. The van der Waals surface area contributed by atoms with Gasteiger partial charge < -0.3 is 15.7 Å². The van der Waals surface area contributed by atoms with Crippen molar-refractivity contribution in [1.82, 2.24) is 5.32 Å². The molecule has 0 radical (unpaired) electrons. The standard InChI is InChI=1S/C11H11BrN2O3/c12-7-3-1-6-2-4-8(14-11(16)17)10(15)13-9(6)5-7/h1,3,5,8,14H,2,4H2,(H,13,15)(H,16,17). The molecule has 90 valence electrons. The van der Waals surface area contributed by atoms with E-state index in [1.165, 1.54) is 0 Å². The van der Waals surface area contributed by atoms with Crippen molar-refractivity contribution in [1.29, 1.82) is 0 Å². The number of halogens is 1. The first-order valence-corrected chi connectivity index (χ1v) is 5.94. The third-order valence-corrected chi connectivity index (χ3v) is 3.14. The van der Waals surface area contributed by atoms with Crippen LogP contribution in [0.4, 0.5) is 10.5 Å². The van der Waals surface area contributed by atoms with Crippen LogP contribution in [-0.4, -0.2) is 23.1 Å². The average molecular weight is 299 g/mol. The second-order valence-electron chi connectivity index (χ2n) is 3.83. The summed E-state index contributed by atoms with van der Waals surface area (Å²) in [4.78, 5) is 22.3. The van der Waals surface area contributed by atoms with E-state index >= 15 is 0 Å². The van der Waals surface area contributed by atoms with Crippen LogP contribution >= 0.6 is 15.9 Å². The van der Waals surface area contributed by atoms with Crippen LogP contribution in [0.25, 0.3) is 0 Å². The van der Waals surface area contributed by atoms with Crippen molar-refractivity contribution in [3.05, 3.63) is 28.2 Å². The third-order valence-electron chi connectivity index (χ3n) is 2.65. The number of benzene rings is 1. The number of nitrogens with one attached hydrogen (secondary N) is 2. The molecule has 2 amide bonds. The van der Waals surface area contributed by atoms with Gasteiger partial charge in [0.05, 0.1) is 0 Å². The molecule has 2 rings (SSSR count). The van der Waals surface area contributed by atoms with Crippen LogP contribution in [0.15, 0.2) is 22.7 Å². The maximum Gasteiger partial charge on any atom is 0.405 e. The van der Waals surface area contributed by atoms with Crippen LogP contribution in [0.2, 0.25) is 0 Å². The minimum absolute atomic E-state index is 0.316. The Bertz CT molecular complexity index is 476. The van der Waals surface area contributed by atoms with Gasteiger partial charge in [0.25, 0.3) is 0 Å². The number of hydrogen-bond acceptors (Lipinski definition) is 2. The van der Waals surface area contributed by atoms with E-state index in [-0.39, 0.29) is 5.91 Å². The molecule has 1 aliphatic heterocycles. The molecule has 0 aliphatic carbocycles. The number of hydrogen-bond donors (Lipinski definition) is 3. The van der Waals surface area contributed by atoms with Gasteiger partial charge in [-0.15, -0.1) is 0 Å². The lowest BCUT2D eigenvalue weighted by molar-refractivity contribution is -0.118. The van der Waals surface area contributed by atoms with E-state index in [9.17, 15) is 9.59 Å². The molecule has 0 saturated carbocycles. The molecule has 6 heteroatoms. The lowest BCUT2D eigenvalue weighted by atomic mass is 10.1. The summed E-state index contributed by atoms with van der Waals surface area (Å²) in [6.07, 6.45) is -0.0590. The van der Waals surface area contributed by atoms with Crippen molar-refractivity contribution < 1.29 is 14.7 Å². The second-order valence-corrected chi connectivity index (χ2v) is 4.75. The summed E-state index contributed by atoms with van der Waals surface area (Å²) in [7, 11) is 0. The minimum Gasteiger partial charge on any atom is -0.465 e. The Hall–Kier alpha value is -1.56. The number of anilines is 1. The molecule has 0 saturated heterocycles. The summed E-state index contributed by atoms with van der Waals surface area (Å²) in [6, 6.07) is 4.94. The van der Waals surface area contributed by atoms with Crippen LogP contribution in [0.1, 0.15) is 12.0 Å². The van der Waals surface area contributed by atoms with E-state index in [1.54, 1.807) is 0 Å². The van der Waals surface area contributed by atoms with Crippen LogP contribution in [0, 0.1) is 0 Å². The highest BCUT2D eigenvalue weighted by Gasteiger charge is 2.24. The van der Waals surface area contributed by atoms with E-state index in [2.05, 4.69) is 26.6 Å². The van der Waals surface area contributed by atoms with Gasteiger partial charge in [-0.25, -0.2) is 4.79 Å². The van der Waals surface area contributed by atoms with E-state index in [1.807, 2.05) is 18.2 Å². The molecular weight excluding hydrogens is 288 g/mol. The molecule has 1 aromatic rings. The van der Waals surface area contributed by atoms with Crippen molar-refractivity contribution in [2.45, 2.75) is 18.9 Å². The summed E-state index contributed by atoms with van der Waals surface area (Å²) < 4.78 is 0.876. The van der Waals surface area contributed by atoms with E-state index in [4.69, 9.17) is 5.11 Å². The number of amides is 2. The van der Waals surface area contributed by atoms with Gasteiger partial charge >= 0.3 is 6.09 Å². The van der Waals surface area contributed by atoms with Gasteiger partial charge in [-0.05, 0) is 30.5 Å². The number of aryl methyl sites for hydroxylation is 1. The summed E-state index contributed by atoms with van der Waals surface area (Å²) >= 11 is 3.33. The molecule has 1 atom stereocenters. The lowest BCUT2D eigenvalue weighted by Crippen LogP contribution is -2.42. The van der Waals surface area contributed by atoms with Crippen molar-refractivity contribution in [3.63, 3.8) is 0 Å². The van der Waals surface area contributed by atoms with Crippen molar-refractivity contribution >= 4 is 33.6 Å². The molecule has 1 heterocycles. The highest BCUT2D eigenvalue weighted by Crippen LogP contribution is 2.25. The van der Waals surface area contributed by atoms with E-state index in [0.29, 0.717) is 12.8 Å². The Balaban J connectivity index is 2.22. The molecule has 1 aromatic carbocycles. The van der Waals surface area contributed by atoms with Gasteiger partial charge in [0.1, 0.15) is 6.04 Å². The molecule has 3 N–H and O–H groups in total. The predicted octanol–water partition coefficient (Wildman–Crippen LogP) is 1.97. The average Bonchev–Trinajstić information content (AvgIpc) is 2.38. The van der Waals surface area contributed by atoms with Gasteiger partial charge in [0.15, 0.2) is 0 Å². The SMILES string of the molecule is O=C(O)NC1CCc2ccc(Br)cc2NC1=O. The van der Waals surface area contributed by atoms with Crippen LogP contribution < -0.4 is 10.6 Å². The van der Waals surface area contributed by atoms with Crippen LogP contribution in [0.3, 0.4) is 0 Å². The van der Waals surface area contributed by atoms with Gasteiger partial charge in [0, 0.05) is 10.2 Å². The van der Waals surface area contributed by atoms with Crippen molar-refractivity contribution in [2.75, 3.05) is 5.32 Å². The molecule has 0 aromatic heterocycles. The summed E-state index contributed by atoms with van der Waals surface area (Å²) in [5, 5.41) is 13.6. The first-order valence-electron chi connectivity index (χ1n) is 5.15. The summed E-state index contributed by atoms with van der Waals surface area (Å²) in [6.45, 7) is 0. The summed E-state index contributed by atoms with van der Waals surface area (Å²) in [5.41, 5.74) is 1.75. The van der Waals surface area contributed by atoms with Crippen LogP contribution in [0.5, 0.6) is 0 Å². The second kappa shape index (κ2) is 4.75. The highest BCUT2D eigenvalue weighted by molar-refractivity contribution is 9.10. The van der Waals surface area contributed by atoms with Crippen LogP contribution in [-0.2, 0) is 11.2 Å². The van der Waals surface area contributed by atoms with E-state index < -0.39 is 12.1 Å². The molecule has 5 nitrogen and oxygen atoms in total. The van der Waals surface area contributed by atoms with Crippen molar-refractivity contribution in [3.8, 4) is 0 Å². The minimum atomic E-state index is -1.18. The number of carboxylic acid groups (broad SMARTS) is 1. The molecule has 0 fully saturated rings. The molecule has 0 spiro atoms. The Kier molecular flexibility index (Phi) is 3.33. The topological polar surface area (TPSA) is 78.4 Å². The van der Waals surface area contributed by atoms with Gasteiger partial charge in [-0.3, -0.25) is 4.79 Å². The van der Waals surface area contributed by atoms with Gasteiger partial charge in [-0.2, -0.15) is 0 Å². The smallest absolute Gasteiger partial charge is 0.405 e. The molecular formula is C11H11BrN2O3. The molecule has 1 unspecified atom stereocenters. The van der Waals surface area contributed by atoms with Gasteiger partial charge in [-0.1, -0.05) is 22.0 Å². The Morgan fingerprint density at radius 2 is 2.29 bits per heavy atom. The first kappa shape index (κ1) is 11.9.